The number of pyridine rings is 1. The molecule has 0 spiro atoms. The first-order valence-corrected chi connectivity index (χ1v) is 3.68. The van der Waals surface area contributed by atoms with E-state index in [4.69, 9.17) is 16.7 Å². The van der Waals surface area contributed by atoms with E-state index in [1.165, 1.54) is 0 Å². The molecule has 0 radical (unpaired) electrons. The minimum atomic E-state index is -2.88. The van der Waals surface area contributed by atoms with E-state index in [1.54, 1.807) is 0 Å². The third-order valence-corrected chi connectivity index (χ3v) is 1.78. The fraction of sp³-hybridized carbons (Fsp3) is 0.286. The molecular weight excluding hydrogens is 207 g/mol. The van der Waals surface area contributed by atoms with Crippen LogP contribution in [-0.2, 0) is 6.61 Å². The summed E-state index contributed by atoms with van der Waals surface area (Å²) in [6.45, 7) is -0.689. The molecule has 0 saturated carbocycles. The molecule has 0 bridgehead atoms. The Labute approximate surface area is 77.0 Å². The van der Waals surface area contributed by atoms with Crippen LogP contribution < -0.4 is 0 Å². The zero-order valence-electron chi connectivity index (χ0n) is 6.27. The molecule has 0 atom stereocenters. The maximum atomic E-state index is 12.5. The van der Waals surface area contributed by atoms with Gasteiger partial charge >= 0.3 is 0 Å². The fourth-order valence-electron chi connectivity index (χ4n) is 0.879. The van der Waals surface area contributed by atoms with Crippen LogP contribution in [0.1, 0.15) is 17.6 Å². The number of halogens is 4. The van der Waals surface area contributed by atoms with Crippen LogP contribution in [0.3, 0.4) is 0 Å². The van der Waals surface area contributed by atoms with Crippen molar-refractivity contribution in [1.82, 2.24) is 4.98 Å². The predicted molar refractivity (Wildman–Crippen MR) is 40.1 cm³/mol. The number of nitrogens with zero attached hydrogens (tertiary/aromatic N) is 1. The lowest BCUT2D eigenvalue weighted by Crippen LogP contribution is -2.00. The van der Waals surface area contributed by atoms with Crippen molar-refractivity contribution in [1.29, 1.82) is 0 Å². The SMILES string of the molecule is OCc1c(C(F)F)cc(F)nc1Cl. The molecule has 0 aliphatic rings. The average molecular weight is 212 g/mol. The maximum absolute atomic E-state index is 12.5. The van der Waals surface area contributed by atoms with Crippen LogP contribution in [0.5, 0.6) is 0 Å². The van der Waals surface area contributed by atoms with Crippen LogP contribution >= 0.6 is 11.6 Å². The van der Waals surface area contributed by atoms with E-state index in [-0.39, 0.29) is 5.56 Å². The Balaban J connectivity index is 3.29. The second-order valence-electron chi connectivity index (χ2n) is 2.26. The van der Waals surface area contributed by atoms with Crippen LogP contribution in [0, 0.1) is 5.95 Å². The molecule has 72 valence electrons. The highest BCUT2D eigenvalue weighted by atomic mass is 35.5. The number of hydrogen-bond donors (Lipinski definition) is 1. The molecule has 1 heterocycles. The summed E-state index contributed by atoms with van der Waals surface area (Å²) in [6, 6.07) is 0.558. The van der Waals surface area contributed by atoms with Gasteiger partial charge in [-0.1, -0.05) is 11.6 Å². The van der Waals surface area contributed by atoms with Crippen LogP contribution in [0.2, 0.25) is 5.15 Å². The average Bonchev–Trinajstić information content (AvgIpc) is 2.02. The third-order valence-electron chi connectivity index (χ3n) is 1.47. The number of aromatic nitrogens is 1. The first kappa shape index (κ1) is 10.3. The second kappa shape index (κ2) is 3.93. The summed E-state index contributed by atoms with van der Waals surface area (Å²) in [4.78, 5) is 3.09. The normalized spacial score (nSPS) is 10.9. The van der Waals surface area contributed by atoms with Gasteiger partial charge in [-0.2, -0.15) is 4.39 Å². The summed E-state index contributed by atoms with van der Waals surface area (Å²) in [5.74, 6) is -1.09. The molecule has 0 saturated heterocycles. The van der Waals surface area contributed by atoms with Crippen molar-refractivity contribution >= 4 is 11.6 Å². The highest BCUT2D eigenvalue weighted by Crippen LogP contribution is 2.27. The van der Waals surface area contributed by atoms with Crippen LogP contribution in [0.4, 0.5) is 13.2 Å². The number of hydrogen-bond acceptors (Lipinski definition) is 2. The lowest BCUT2D eigenvalue weighted by Gasteiger charge is -2.07. The molecule has 1 aromatic rings. The molecule has 0 aromatic carbocycles. The molecule has 0 aliphatic carbocycles. The van der Waals surface area contributed by atoms with E-state index >= 15 is 0 Å². The topological polar surface area (TPSA) is 33.1 Å². The van der Waals surface area contributed by atoms with Crippen molar-refractivity contribution in [3.05, 3.63) is 28.3 Å². The predicted octanol–water partition coefficient (Wildman–Crippen LogP) is 2.30. The van der Waals surface area contributed by atoms with Gasteiger partial charge in [0.15, 0.2) is 0 Å². The standard InChI is InChI=1S/C7H5ClF3NO/c8-6-4(2-13)3(7(10)11)1-5(9)12-6/h1,7,13H,2H2. The molecule has 1 N–H and O–H groups in total. The van der Waals surface area contributed by atoms with Crippen molar-refractivity contribution in [3.8, 4) is 0 Å². The zero-order chi connectivity index (χ0) is 10.0. The Morgan fingerprint density at radius 2 is 2.15 bits per heavy atom. The molecule has 0 unspecified atom stereocenters. The zero-order valence-corrected chi connectivity index (χ0v) is 7.02. The molecule has 0 fully saturated rings. The fourth-order valence-corrected chi connectivity index (χ4v) is 1.13. The van der Waals surface area contributed by atoms with Crippen molar-refractivity contribution in [2.75, 3.05) is 0 Å². The van der Waals surface area contributed by atoms with Gasteiger partial charge in [-0.3, -0.25) is 0 Å². The third kappa shape index (κ3) is 2.10. The summed E-state index contributed by atoms with van der Waals surface area (Å²) in [5, 5.41) is 8.23. The maximum Gasteiger partial charge on any atom is 0.264 e. The monoisotopic (exact) mass is 211 g/mol. The van der Waals surface area contributed by atoms with Crippen LogP contribution in [0.25, 0.3) is 0 Å². The van der Waals surface area contributed by atoms with E-state index in [2.05, 4.69) is 4.98 Å². The quantitative estimate of drug-likeness (QED) is 0.762. The Morgan fingerprint density at radius 1 is 1.54 bits per heavy atom. The largest absolute Gasteiger partial charge is 0.392 e. The summed E-state index contributed by atoms with van der Waals surface area (Å²) in [7, 11) is 0. The molecule has 13 heavy (non-hydrogen) atoms. The Hall–Kier alpha value is -0.810. The van der Waals surface area contributed by atoms with Gasteiger partial charge in [-0.05, 0) is 0 Å². The van der Waals surface area contributed by atoms with Gasteiger partial charge in [-0.15, -0.1) is 0 Å². The van der Waals surface area contributed by atoms with Gasteiger partial charge in [0.25, 0.3) is 6.43 Å². The smallest absolute Gasteiger partial charge is 0.264 e. The minimum Gasteiger partial charge on any atom is -0.392 e. The number of aliphatic hydroxyl groups is 1. The molecular formula is C7H5ClF3NO. The highest BCUT2D eigenvalue weighted by molar-refractivity contribution is 6.30. The lowest BCUT2D eigenvalue weighted by molar-refractivity contribution is 0.146. The van der Waals surface area contributed by atoms with E-state index in [0.717, 1.165) is 0 Å². The first-order chi connectivity index (χ1) is 6.06. The molecule has 2 nitrogen and oxygen atoms in total. The van der Waals surface area contributed by atoms with Crippen molar-refractivity contribution in [2.24, 2.45) is 0 Å². The van der Waals surface area contributed by atoms with Gasteiger partial charge in [-0.25, -0.2) is 13.8 Å². The summed E-state index contributed by atoms with van der Waals surface area (Å²) >= 11 is 5.33. The van der Waals surface area contributed by atoms with Gasteiger partial charge in [0.05, 0.1) is 6.61 Å². The van der Waals surface area contributed by atoms with Crippen LogP contribution in [0.15, 0.2) is 6.07 Å². The van der Waals surface area contributed by atoms with Gasteiger partial charge in [0.1, 0.15) is 5.15 Å². The van der Waals surface area contributed by atoms with Crippen LogP contribution in [-0.4, -0.2) is 10.1 Å². The van der Waals surface area contributed by atoms with E-state index in [0.29, 0.717) is 6.07 Å². The molecule has 1 rings (SSSR count). The Kier molecular flexibility index (Phi) is 3.11. The Morgan fingerprint density at radius 3 is 2.62 bits per heavy atom. The van der Waals surface area contributed by atoms with Gasteiger partial charge in [0, 0.05) is 17.2 Å². The molecule has 0 amide bonds. The number of rotatable bonds is 2. The van der Waals surface area contributed by atoms with Crippen molar-refractivity contribution in [3.63, 3.8) is 0 Å². The number of aliphatic hydroxyl groups excluding tert-OH is 1. The molecule has 6 heteroatoms. The van der Waals surface area contributed by atoms with Gasteiger partial charge < -0.3 is 5.11 Å². The van der Waals surface area contributed by atoms with E-state index in [9.17, 15) is 13.2 Å². The lowest BCUT2D eigenvalue weighted by atomic mass is 10.1. The van der Waals surface area contributed by atoms with Crippen molar-refractivity contribution in [2.45, 2.75) is 13.0 Å². The Bertz CT molecular complexity index is 319. The first-order valence-electron chi connectivity index (χ1n) is 3.30. The highest BCUT2D eigenvalue weighted by Gasteiger charge is 2.17. The van der Waals surface area contributed by atoms with E-state index < -0.39 is 29.7 Å². The van der Waals surface area contributed by atoms with Gasteiger partial charge in [0.2, 0.25) is 5.95 Å². The number of alkyl halides is 2. The summed E-state index contributed by atoms with van der Waals surface area (Å²) in [6.07, 6.45) is -2.88. The molecule has 1 aromatic heterocycles. The molecule has 0 aliphatic heterocycles. The van der Waals surface area contributed by atoms with E-state index in [1.807, 2.05) is 0 Å². The summed E-state index contributed by atoms with van der Waals surface area (Å²) in [5.41, 5.74) is -0.863. The summed E-state index contributed by atoms with van der Waals surface area (Å²) < 4.78 is 36.9. The van der Waals surface area contributed by atoms with Crippen molar-refractivity contribution < 1.29 is 18.3 Å². The second-order valence-corrected chi connectivity index (χ2v) is 2.62. The minimum absolute atomic E-state index is 0.238.